The molecule has 0 aromatic heterocycles. The van der Waals surface area contributed by atoms with E-state index < -0.39 is 14.9 Å². The third kappa shape index (κ3) is 5.10. The van der Waals surface area contributed by atoms with Gasteiger partial charge in [0.2, 0.25) is 10.0 Å². The SMILES string of the molecule is CCNS(=O)(=O)CCNc1cc(N)cc([N+](=O)[O-])c1. The molecular weight excluding hydrogens is 272 g/mol. The lowest BCUT2D eigenvalue weighted by Crippen LogP contribution is -2.29. The van der Waals surface area contributed by atoms with Crippen LogP contribution >= 0.6 is 0 Å². The van der Waals surface area contributed by atoms with Crippen molar-refractivity contribution in [3.63, 3.8) is 0 Å². The molecule has 0 fully saturated rings. The van der Waals surface area contributed by atoms with Gasteiger partial charge in [-0.05, 0) is 6.07 Å². The van der Waals surface area contributed by atoms with Crippen LogP contribution in [-0.2, 0) is 10.0 Å². The van der Waals surface area contributed by atoms with Gasteiger partial charge in [-0.3, -0.25) is 10.1 Å². The third-order valence-electron chi connectivity index (χ3n) is 2.22. The van der Waals surface area contributed by atoms with Crippen molar-refractivity contribution in [1.29, 1.82) is 0 Å². The minimum Gasteiger partial charge on any atom is -0.398 e. The molecular formula is C10H16N4O4S. The summed E-state index contributed by atoms with van der Waals surface area (Å²) in [5, 5.41) is 13.4. The van der Waals surface area contributed by atoms with E-state index in [0.29, 0.717) is 12.2 Å². The van der Waals surface area contributed by atoms with Crippen LogP contribution in [0.5, 0.6) is 0 Å². The zero-order chi connectivity index (χ0) is 14.5. The van der Waals surface area contributed by atoms with E-state index in [1.165, 1.54) is 18.2 Å². The maximum atomic E-state index is 11.4. The first-order chi connectivity index (χ1) is 8.84. The summed E-state index contributed by atoms with van der Waals surface area (Å²) in [4.78, 5) is 10.1. The van der Waals surface area contributed by atoms with Crippen molar-refractivity contribution < 1.29 is 13.3 Å². The van der Waals surface area contributed by atoms with Crippen LogP contribution in [0.15, 0.2) is 18.2 Å². The van der Waals surface area contributed by atoms with Gasteiger partial charge in [0, 0.05) is 36.6 Å². The smallest absolute Gasteiger partial charge is 0.273 e. The fraction of sp³-hybridized carbons (Fsp3) is 0.400. The second-order valence-electron chi connectivity index (χ2n) is 3.81. The van der Waals surface area contributed by atoms with Crippen LogP contribution in [0.4, 0.5) is 17.1 Å². The van der Waals surface area contributed by atoms with Crippen LogP contribution in [-0.4, -0.2) is 32.2 Å². The highest BCUT2D eigenvalue weighted by molar-refractivity contribution is 7.89. The van der Waals surface area contributed by atoms with E-state index in [0.717, 1.165) is 0 Å². The van der Waals surface area contributed by atoms with Crippen LogP contribution in [0.1, 0.15) is 6.92 Å². The fourth-order valence-corrected chi connectivity index (χ4v) is 2.42. The Balaban J connectivity index is 2.66. The minimum atomic E-state index is -3.32. The molecule has 0 aliphatic rings. The number of nitrogens with zero attached hydrogens (tertiary/aromatic N) is 1. The highest BCUT2D eigenvalue weighted by Gasteiger charge is 2.10. The van der Waals surface area contributed by atoms with Gasteiger partial charge < -0.3 is 11.1 Å². The normalized spacial score (nSPS) is 11.2. The molecule has 9 heteroatoms. The molecule has 0 aliphatic heterocycles. The number of benzene rings is 1. The van der Waals surface area contributed by atoms with Gasteiger partial charge in [0.05, 0.1) is 10.7 Å². The van der Waals surface area contributed by atoms with Gasteiger partial charge in [0.15, 0.2) is 0 Å². The fourth-order valence-electron chi connectivity index (χ4n) is 1.46. The summed E-state index contributed by atoms with van der Waals surface area (Å²) in [6, 6.07) is 4.05. The highest BCUT2D eigenvalue weighted by Crippen LogP contribution is 2.22. The van der Waals surface area contributed by atoms with E-state index in [1.807, 2.05) is 0 Å². The van der Waals surface area contributed by atoms with E-state index in [9.17, 15) is 18.5 Å². The summed E-state index contributed by atoms with van der Waals surface area (Å²) in [5.74, 6) is -0.122. The number of nitro benzene ring substituents is 1. The second kappa shape index (κ2) is 6.34. The molecule has 0 atom stereocenters. The monoisotopic (exact) mass is 288 g/mol. The number of nitrogens with one attached hydrogen (secondary N) is 2. The third-order valence-corrected chi connectivity index (χ3v) is 3.69. The van der Waals surface area contributed by atoms with E-state index in [4.69, 9.17) is 5.73 Å². The van der Waals surface area contributed by atoms with E-state index in [2.05, 4.69) is 10.0 Å². The molecule has 0 saturated heterocycles. The Morgan fingerprint density at radius 2 is 2.05 bits per heavy atom. The molecule has 0 spiro atoms. The van der Waals surface area contributed by atoms with E-state index in [1.54, 1.807) is 6.92 Å². The summed E-state index contributed by atoms with van der Waals surface area (Å²) in [5.41, 5.74) is 6.04. The largest absolute Gasteiger partial charge is 0.398 e. The number of sulfonamides is 1. The van der Waals surface area contributed by atoms with Gasteiger partial charge in [-0.1, -0.05) is 6.92 Å². The van der Waals surface area contributed by atoms with Crippen molar-refractivity contribution in [2.75, 3.05) is 29.9 Å². The molecule has 0 heterocycles. The summed E-state index contributed by atoms with van der Waals surface area (Å²) in [6.07, 6.45) is 0. The highest BCUT2D eigenvalue weighted by atomic mass is 32.2. The second-order valence-corrected chi connectivity index (χ2v) is 5.74. The summed E-state index contributed by atoms with van der Waals surface area (Å²) >= 11 is 0. The number of non-ortho nitro benzene ring substituents is 1. The van der Waals surface area contributed by atoms with Gasteiger partial charge in [-0.25, -0.2) is 13.1 Å². The Morgan fingerprint density at radius 3 is 2.63 bits per heavy atom. The Hall–Kier alpha value is -1.87. The molecule has 0 unspecified atom stereocenters. The lowest BCUT2D eigenvalue weighted by atomic mass is 10.2. The quantitative estimate of drug-likeness (QED) is 0.381. The number of nitro groups is 1. The molecule has 0 radical (unpaired) electrons. The number of anilines is 2. The first-order valence-electron chi connectivity index (χ1n) is 5.60. The summed E-state index contributed by atoms with van der Waals surface area (Å²) < 4.78 is 25.1. The van der Waals surface area contributed by atoms with Gasteiger partial charge >= 0.3 is 0 Å². The van der Waals surface area contributed by atoms with Gasteiger partial charge in [-0.15, -0.1) is 0 Å². The van der Waals surface area contributed by atoms with Crippen LogP contribution < -0.4 is 15.8 Å². The molecule has 0 amide bonds. The average Bonchev–Trinajstić information content (AvgIpc) is 2.27. The predicted octanol–water partition coefficient (Wildman–Crippen LogP) is 0.528. The topological polar surface area (TPSA) is 127 Å². The molecule has 1 aromatic rings. The average molecular weight is 288 g/mol. The molecule has 19 heavy (non-hydrogen) atoms. The molecule has 4 N–H and O–H groups in total. The van der Waals surface area contributed by atoms with Crippen molar-refractivity contribution in [2.24, 2.45) is 0 Å². The number of nitrogens with two attached hydrogens (primary N) is 1. The minimum absolute atomic E-state index is 0.122. The molecule has 1 rings (SSSR count). The molecule has 1 aromatic carbocycles. The predicted molar refractivity (Wildman–Crippen MR) is 73.5 cm³/mol. The van der Waals surface area contributed by atoms with Gasteiger partial charge in [0.25, 0.3) is 5.69 Å². The molecule has 8 nitrogen and oxygen atoms in total. The molecule has 106 valence electrons. The van der Waals surface area contributed by atoms with Crippen LogP contribution in [0.2, 0.25) is 0 Å². The van der Waals surface area contributed by atoms with E-state index in [-0.39, 0.29) is 23.7 Å². The Kier molecular flexibility index (Phi) is 5.07. The molecule has 0 saturated carbocycles. The first-order valence-corrected chi connectivity index (χ1v) is 7.25. The Labute approximate surface area is 111 Å². The zero-order valence-corrected chi connectivity index (χ0v) is 11.2. The Morgan fingerprint density at radius 1 is 1.37 bits per heavy atom. The Bertz CT molecular complexity index is 559. The van der Waals surface area contributed by atoms with E-state index >= 15 is 0 Å². The molecule has 0 aliphatic carbocycles. The maximum absolute atomic E-state index is 11.4. The molecule has 0 bridgehead atoms. The van der Waals surface area contributed by atoms with Crippen molar-refractivity contribution in [2.45, 2.75) is 6.92 Å². The standard InChI is InChI=1S/C10H16N4O4S/c1-2-13-19(17,18)4-3-12-9-5-8(11)6-10(7-9)14(15)16/h5-7,12-13H,2-4,11H2,1H3. The number of nitrogen functional groups attached to an aromatic ring is 1. The van der Waals surface area contributed by atoms with Gasteiger partial charge in [0.1, 0.15) is 0 Å². The summed E-state index contributed by atoms with van der Waals surface area (Å²) in [6.45, 7) is 2.15. The van der Waals surface area contributed by atoms with Crippen molar-refractivity contribution >= 4 is 27.1 Å². The zero-order valence-electron chi connectivity index (χ0n) is 10.4. The lowest BCUT2D eigenvalue weighted by Gasteiger charge is -2.08. The number of hydrogen-bond acceptors (Lipinski definition) is 6. The number of rotatable bonds is 7. The van der Waals surface area contributed by atoms with Gasteiger partial charge in [-0.2, -0.15) is 0 Å². The number of hydrogen-bond donors (Lipinski definition) is 3. The first kappa shape index (κ1) is 15.2. The van der Waals surface area contributed by atoms with Crippen molar-refractivity contribution in [1.82, 2.24) is 4.72 Å². The van der Waals surface area contributed by atoms with Crippen molar-refractivity contribution in [3.8, 4) is 0 Å². The van der Waals surface area contributed by atoms with Crippen LogP contribution in [0, 0.1) is 10.1 Å². The van der Waals surface area contributed by atoms with Crippen LogP contribution in [0.25, 0.3) is 0 Å². The lowest BCUT2D eigenvalue weighted by molar-refractivity contribution is -0.384. The maximum Gasteiger partial charge on any atom is 0.273 e. The summed E-state index contributed by atoms with van der Waals surface area (Å²) in [7, 11) is -3.32. The van der Waals surface area contributed by atoms with Crippen LogP contribution in [0.3, 0.4) is 0 Å². The van der Waals surface area contributed by atoms with Crippen molar-refractivity contribution in [3.05, 3.63) is 28.3 Å².